The number of nitrogens with zero attached hydrogens (tertiary/aromatic N) is 5. The quantitative estimate of drug-likeness (QED) is 0.613. The third-order valence-electron chi connectivity index (χ3n) is 3.88. The summed E-state index contributed by atoms with van der Waals surface area (Å²) < 4.78 is 6.08. The Kier molecular flexibility index (Phi) is 4.45. The molecule has 0 amide bonds. The van der Waals surface area contributed by atoms with Gasteiger partial charge in [-0.25, -0.2) is 9.97 Å². The number of hydrogen-bond acceptors (Lipinski definition) is 7. The van der Waals surface area contributed by atoms with Gasteiger partial charge in [0.05, 0.1) is 11.5 Å². The van der Waals surface area contributed by atoms with Crippen molar-refractivity contribution in [2.75, 3.05) is 37.0 Å². The van der Waals surface area contributed by atoms with Crippen LogP contribution in [-0.2, 0) is 0 Å². The summed E-state index contributed by atoms with van der Waals surface area (Å²) in [7, 11) is 3.82. The minimum Gasteiger partial charge on any atom is -0.485 e. The van der Waals surface area contributed by atoms with E-state index in [1.807, 2.05) is 36.0 Å². The maximum Gasteiger partial charge on any atom is 0.311 e. The largest absolute Gasteiger partial charge is 0.485 e. The molecule has 1 fully saturated rings. The lowest BCUT2D eigenvalue weighted by molar-refractivity contribution is -0.384. The number of ether oxygens (including phenoxy) is 1. The van der Waals surface area contributed by atoms with E-state index in [1.54, 1.807) is 18.5 Å². The molecule has 1 unspecified atom stereocenters. The summed E-state index contributed by atoms with van der Waals surface area (Å²) in [4.78, 5) is 23.1. The van der Waals surface area contributed by atoms with E-state index in [0.29, 0.717) is 24.7 Å². The average Bonchev–Trinajstić information content (AvgIpc) is 3.03. The molecule has 0 bridgehead atoms. The number of rotatable bonds is 5. The van der Waals surface area contributed by atoms with Gasteiger partial charge in [0.25, 0.3) is 0 Å². The Morgan fingerprint density at radius 3 is 2.79 bits per heavy atom. The van der Waals surface area contributed by atoms with E-state index in [2.05, 4.69) is 9.97 Å². The van der Waals surface area contributed by atoms with Crippen LogP contribution in [0.5, 0.6) is 5.75 Å². The molecule has 0 aromatic carbocycles. The molecule has 0 N–H and O–H groups in total. The van der Waals surface area contributed by atoms with E-state index in [0.717, 1.165) is 12.2 Å². The van der Waals surface area contributed by atoms with E-state index >= 15 is 0 Å². The Morgan fingerprint density at radius 1 is 1.29 bits per heavy atom. The van der Waals surface area contributed by atoms with E-state index in [1.165, 1.54) is 6.07 Å². The molecular weight excluding hydrogens is 310 g/mol. The molecule has 3 rings (SSSR count). The molecule has 1 atom stereocenters. The third-order valence-corrected chi connectivity index (χ3v) is 3.88. The van der Waals surface area contributed by atoms with Crippen LogP contribution in [0.15, 0.2) is 36.7 Å². The Balaban J connectivity index is 1.74. The highest BCUT2D eigenvalue weighted by atomic mass is 16.6. The van der Waals surface area contributed by atoms with Crippen LogP contribution < -0.4 is 14.5 Å². The molecule has 1 saturated heterocycles. The summed E-state index contributed by atoms with van der Waals surface area (Å²) >= 11 is 0. The van der Waals surface area contributed by atoms with Crippen molar-refractivity contribution in [2.45, 2.75) is 12.5 Å². The summed E-state index contributed by atoms with van der Waals surface area (Å²) in [5.74, 6) is 1.87. The van der Waals surface area contributed by atoms with Crippen molar-refractivity contribution >= 4 is 17.3 Å². The van der Waals surface area contributed by atoms with Crippen molar-refractivity contribution in [3.8, 4) is 5.75 Å². The minimum atomic E-state index is -0.401. The number of anilines is 2. The normalized spacial score (nSPS) is 16.9. The second kappa shape index (κ2) is 6.69. The van der Waals surface area contributed by atoms with Crippen molar-refractivity contribution in [1.29, 1.82) is 0 Å². The number of aromatic nitrogens is 2. The van der Waals surface area contributed by atoms with Gasteiger partial charge in [-0.15, -0.1) is 0 Å². The van der Waals surface area contributed by atoms with Crippen LogP contribution in [0.1, 0.15) is 6.42 Å². The van der Waals surface area contributed by atoms with Crippen LogP contribution >= 0.6 is 0 Å². The first-order chi connectivity index (χ1) is 11.6. The van der Waals surface area contributed by atoms with E-state index in [9.17, 15) is 10.1 Å². The fourth-order valence-electron chi connectivity index (χ4n) is 2.78. The van der Waals surface area contributed by atoms with Gasteiger partial charge in [0.1, 0.15) is 6.10 Å². The summed E-state index contributed by atoms with van der Waals surface area (Å²) in [6, 6.07) is 6.76. The van der Waals surface area contributed by atoms with Crippen LogP contribution in [0, 0.1) is 10.1 Å². The number of nitro groups is 1. The highest BCUT2D eigenvalue weighted by Gasteiger charge is 2.30. The molecule has 0 aliphatic carbocycles. The lowest BCUT2D eigenvalue weighted by Crippen LogP contribution is -2.26. The van der Waals surface area contributed by atoms with Crippen molar-refractivity contribution in [3.63, 3.8) is 0 Å². The van der Waals surface area contributed by atoms with Gasteiger partial charge in [-0.3, -0.25) is 10.1 Å². The zero-order chi connectivity index (χ0) is 17.1. The number of hydrogen-bond donors (Lipinski definition) is 0. The summed E-state index contributed by atoms with van der Waals surface area (Å²) in [6.45, 7) is 1.22. The van der Waals surface area contributed by atoms with Crippen LogP contribution in [0.4, 0.5) is 17.3 Å². The second-order valence-corrected chi connectivity index (χ2v) is 5.80. The molecule has 3 heterocycles. The maximum absolute atomic E-state index is 11.2. The molecule has 2 aromatic rings. The second-order valence-electron chi connectivity index (χ2n) is 5.80. The zero-order valence-corrected chi connectivity index (χ0v) is 13.6. The van der Waals surface area contributed by atoms with Gasteiger partial charge in [0, 0.05) is 45.5 Å². The van der Waals surface area contributed by atoms with Crippen LogP contribution in [0.25, 0.3) is 0 Å². The predicted molar refractivity (Wildman–Crippen MR) is 90.7 cm³/mol. The smallest absolute Gasteiger partial charge is 0.311 e. The molecule has 8 nitrogen and oxygen atoms in total. The fraction of sp³-hybridized carbons (Fsp3) is 0.375. The molecule has 1 aliphatic rings. The molecule has 0 radical (unpaired) electrons. The van der Waals surface area contributed by atoms with Crippen molar-refractivity contribution < 1.29 is 9.66 Å². The van der Waals surface area contributed by atoms with E-state index in [4.69, 9.17) is 4.74 Å². The summed E-state index contributed by atoms with van der Waals surface area (Å²) in [5, 5.41) is 11.2. The topological polar surface area (TPSA) is 84.6 Å². The fourth-order valence-corrected chi connectivity index (χ4v) is 2.78. The highest BCUT2D eigenvalue weighted by Crippen LogP contribution is 2.31. The van der Waals surface area contributed by atoms with Gasteiger partial charge >= 0.3 is 5.69 Å². The van der Waals surface area contributed by atoms with Crippen molar-refractivity contribution in [2.24, 2.45) is 0 Å². The SMILES string of the molecule is CN(C)c1ncccc1OC1CCN(c2ncccc2[N+](=O)[O-])C1. The lowest BCUT2D eigenvalue weighted by atomic mass is 10.3. The predicted octanol–water partition coefficient (Wildman–Crippen LogP) is 2.11. The lowest BCUT2D eigenvalue weighted by Gasteiger charge is -2.20. The standard InChI is InChI=1S/C16H19N5O3/c1-19(2)16-14(6-4-9-18-16)24-12-7-10-20(11-12)15-13(21(22)23)5-3-8-17-15/h3-6,8-9,12H,7,10-11H2,1-2H3. The van der Waals surface area contributed by atoms with Gasteiger partial charge in [-0.05, 0) is 18.2 Å². The van der Waals surface area contributed by atoms with Crippen molar-refractivity contribution in [1.82, 2.24) is 9.97 Å². The first kappa shape index (κ1) is 16.0. The summed E-state index contributed by atoms with van der Waals surface area (Å²) in [5.41, 5.74) is 0.0218. The average molecular weight is 329 g/mol. The molecule has 24 heavy (non-hydrogen) atoms. The maximum atomic E-state index is 11.2. The first-order valence-electron chi connectivity index (χ1n) is 7.69. The van der Waals surface area contributed by atoms with E-state index < -0.39 is 4.92 Å². The Labute approximate surface area is 139 Å². The Hall–Kier alpha value is -2.90. The van der Waals surface area contributed by atoms with Crippen LogP contribution in [-0.4, -0.2) is 48.2 Å². The van der Waals surface area contributed by atoms with E-state index in [-0.39, 0.29) is 11.8 Å². The van der Waals surface area contributed by atoms with Gasteiger partial charge in [-0.1, -0.05) is 0 Å². The zero-order valence-electron chi connectivity index (χ0n) is 13.6. The van der Waals surface area contributed by atoms with Gasteiger partial charge < -0.3 is 14.5 Å². The number of pyridine rings is 2. The molecular formula is C16H19N5O3. The molecule has 2 aromatic heterocycles. The highest BCUT2D eigenvalue weighted by molar-refractivity contribution is 5.58. The molecule has 0 saturated carbocycles. The molecule has 0 spiro atoms. The minimum absolute atomic E-state index is 0.0218. The van der Waals surface area contributed by atoms with Crippen molar-refractivity contribution in [3.05, 3.63) is 46.8 Å². The molecule has 126 valence electrons. The molecule has 1 aliphatic heterocycles. The monoisotopic (exact) mass is 329 g/mol. The van der Waals surface area contributed by atoms with Gasteiger partial charge in [-0.2, -0.15) is 0 Å². The van der Waals surface area contributed by atoms with Gasteiger partial charge in [0.2, 0.25) is 5.82 Å². The van der Waals surface area contributed by atoms with Crippen LogP contribution in [0.3, 0.4) is 0 Å². The Morgan fingerprint density at radius 2 is 2.04 bits per heavy atom. The Bertz CT molecular complexity index is 737. The summed E-state index contributed by atoms with van der Waals surface area (Å²) in [6.07, 6.45) is 4.01. The van der Waals surface area contributed by atoms with Crippen LogP contribution in [0.2, 0.25) is 0 Å². The van der Waals surface area contributed by atoms with Gasteiger partial charge in [0.15, 0.2) is 11.6 Å². The first-order valence-corrected chi connectivity index (χ1v) is 7.69. The third kappa shape index (κ3) is 3.22. The molecule has 8 heteroatoms.